The van der Waals surface area contributed by atoms with Gasteiger partial charge in [-0.05, 0) is 31.9 Å². The van der Waals surface area contributed by atoms with Crippen LogP contribution < -0.4 is 0 Å². The molecule has 0 saturated heterocycles. The first kappa shape index (κ1) is 11.8. The molecule has 1 atom stereocenters. The van der Waals surface area contributed by atoms with Crippen LogP contribution in [0.25, 0.3) is 0 Å². The minimum absolute atomic E-state index is 0.501. The van der Waals surface area contributed by atoms with E-state index >= 15 is 0 Å². The summed E-state index contributed by atoms with van der Waals surface area (Å²) in [6.07, 6.45) is 7.82. The number of aldehydes is 1. The Kier molecular flexibility index (Phi) is 5.00. The smallest absolute Gasteiger partial charge is 0.143 e. The fourth-order valence-electron chi connectivity index (χ4n) is 0.730. The van der Waals surface area contributed by atoms with Gasteiger partial charge in [0.05, 0.1) is 5.60 Å². The maximum atomic E-state index is 10.1. The van der Waals surface area contributed by atoms with Crippen molar-refractivity contribution < 1.29 is 9.90 Å². The van der Waals surface area contributed by atoms with Crippen LogP contribution in [0.3, 0.4) is 0 Å². The zero-order valence-electron chi connectivity index (χ0n) is 8.16. The fourth-order valence-corrected chi connectivity index (χ4v) is 0.730. The number of rotatable bonds is 5. The minimum atomic E-state index is -0.863. The third-order valence-corrected chi connectivity index (χ3v) is 1.68. The van der Waals surface area contributed by atoms with E-state index in [4.69, 9.17) is 0 Å². The summed E-state index contributed by atoms with van der Waals surface area (Å²) in [6, 6.07) is 0. The number of hydrogen-bond donors (Lipinski definition) is 1. The van der Waals surface area contributed by atoms with Gasteiger partial charge in [0.1, 0.15) is 6.29 Å². The first-order chi connectivity index (χ1) is 6.02. The molecule has 13 heavy (non-hydrogen) atoms. The van der Waals surface area contributed by atoms with Crippen LogP contribution in [0.2, 0.25) is 0 Å². The van der Waals surface area contributed by atoms with E-state index in [1.54, 1.807) is 13.0 Å². The molecular weight excluding hydrogens is 164 g/mol. The van der Waals surface area contributed by atoms with E-state index in [9.17, 15) is 9.90 Å². The SMILES string of the molecule is C=CC(C)(O)C/C=C/C(C)=C/C=O. The lowest BCUT2D eigenvalue weighted by Gasteiger charge is -2.14. The molecule has 0 heterocycles. The van der Waals surface area contributed by atoms with E-state index in [1.165, 1.54) is 12.2 Å². The summed E-state index contributed by atoms with van der Waals surface area (Å²) in [5.41, 5.74) is 0.00711. The monoisotopic (exact) mass is 180 g/mol. The Hall–Kier alpha value is -1.15. The quantitative estimate of drug-likeness (QED) is 0.304. The summed E-state index contributed by atoms with van der Waals surface area (Å²) >= 11 is 0. The molecule has 0 aliphatic heterocycles. The van der Waals surface area contributed by atoms with Crippen molar-refractivity contribution in [2.75, 3.05) is 0 Å². The van der Waals surface area contributed by atoms with Crippen LogP contribution in [-0.2, 0) is 4.79 Å². The van der Waals surface area contributed by atoms with E-state index in [-0.39, 0.29) is 0 Å². The highest BCUT2D eigenvalue weighted by molar-refractivity contribution is 5.66. The third-order valence-electron chi connectivity index (χ3n) is 1.68. The second kappa shape index (κ2) is 5.49. The van der Waals surface area contributed by atoms with E-state index in [1.807, 2.05) is 13.0 Å². The molecule has 0 rings (SSSR count). The van der Waals surface area contributed by atoms with Crippen LogP contribution in [0.15, 0.2) is 36.5 Å². The number of carbonyl (C=O) groups is 1. The molecule has 0 aromatic heterocycles. The van der Waals surface area contributed by atoms with E-state index in [0.717, 1.165) is 11.9 Å². The molecular formula is C11H16O2. The standard InChI is InChI=1S/C11H16O2/c1-4-11(3,13)8-5-6-10(2)7-9-12/h4-7,9,13H,1,8H2,2-3H3/b6-5+,10-7+. The van der Waals surface area contributed by atoms with E-state index in [2.05, 4.69) is 6.58 Å². The molecule has 1 N–H and O–H groups in total. The summed E-state index contributed by atoms with van der Waals surface area (Å²) in [6.45, 7) is 7.02. The summed E-state index contributed by atoms with van der Waals surface area (Å²) < 4.78 is 0. The third kappa shape index (κ3) is 6.05. The van der Waals surface area contributed by atoms with Crippen molar-refractivity contribution >= 4 is 6.29 Å². The molecule has 0 fully saturated rings. The average Bonchev–Trinajstić information content (AvgIpc) is 2.05. The van der Waals surface area contributed by atoms with Crippen molar-refractivity contribution in [2.24, 2.45) is 0 Å². The second-order valence-electron chi connectivity index (χ2n) is 3.21. The molecule has 2 nitrogen and oxygen atoms in total. The molecule has 0 aliphatic rings. The number of hydrogen-bond acceptors (Lipinski definition) is 2. The van der Waals surface area contributed by atoms with Crippen molar-refractivity contribution in [3.63, 3.8) is 0 Å². The summed E-state index contributed by atoms with van der Waals surface area (Å²) in [7, 11) is 0. The largest absolute Gasteiger partial charge is 0.386 e. The number of aliphatic hydroxyl groups is 1. The Bertz CT molecular complexity index is 234. The lowest BCUT2D eigenvalue weighted by atomic mass is 10.0. The Morgan fingerprint density at radius 3 is 2.69 bits per heavy atom. The molecule has 0 bridgehead atoms. The van der Waals surface area contributed by atoms with Crippen LogP contribution in [0.1, 0.15) is 20.3 Å². The number of allylic oxidation sites excluding steroid dienone is 3. The van der Waals surface area contributed by atoms with Gasteiger partial charge in [-0.3, -0.25) is 4.79 Å². The molecule has 72 valence electrons. The van der Waals surface area contributed by atoms with Crippen molar-refractivity contribution in [3.05, 3.63) is 36.5 Å². The van der Waals surface area contributed by atoms with Gasteiger partial charge >= 0.3 is 0 Å². The maximum Gasteiger partial charge on any atom is 0.143 e. The average molecular weight is 180 g/mol. The van der Waals surface area contributed by atoms with Crippen molar-refractivity contribution in [1.29, 1.82) is 0 Å². The molecule has 0 saturated carbocycles. The van der Waals surface area contributed by atoms with Crippen molar-refractivity contribution in [1.82, 2.24) is 0 Å². The highest BCUT2D eigenvalue weighted by Crippen LogP contribution is 2.11. The first-order valence-corrected chi connectivity index (χ1v) is 4.16. The first-order valence-electron chi connectivity index (χ1n) is 4.16. The van der Waals surface area contributed by atoms with Crippen molar-refractivity contribution in [3.8, 4) is 0 Å². The van der Waals surface area contributed by atoms with E-state index in [0.29, 0.717) is 6.42 Å². The fraction of sp³-hybridized carbons (Fsp3) is 0.364. The molecule has 2 heteroatoms. The van der Waals surface area contributed by atoms with Gasteiger partial charge in [-0.2, -0.15) is 0 Å². The lowest BCUT2D eigenvalue weighted by molar-refractivity contribution is -0.104. The van der Waals surface area contributed by atoms with Gasteiger partial charge in [0.15, 0.2) is 0 Å². The zero-order chi connectivity index (χ0) is 10.3. The summed E-state index contributed by atoms with van der Waals surface area (Å²) in [5, 5.41) is 9.51. The van der Waals surface area contributed by atoms with Gasteiger partial charge in [-0.1, -0.05) is 18.2 Å². The Morgan fingerprint density at radius 1 is 1.62 bits per heavy atom. The van der Waals surface area contributed by atoms with Gasteiger partial charge in [0, 0.05) is 0 Å². The maximum absolute atomic E-state index is 10.1. The molecule has 1 unspecified atom stereocenters. The zero-order valence-corrected chi connectivity index (χ0v) is 8.16. The highest BCUT2D eigenvalue weighted by atomic mass is 16.3. The normalized spacial score (nSPS) is 17.0. The topological polar surface area (TPSA) is 37.3 Å². The Labute approximate surface area is 79.3 Å². The molecule has 0 radical (unpaired) electrons. The Morgan fingerprint density at radius 2 is 2.23 bits per heavy atom. The predicted molar refractivity (Wildman–Crippen MR) is 54.4 cm³/mol. The number of carbonyl (C=O) groups excluding carboxylic acids is 1. The molecule has 0 aliphatic carbocycles. The molecule has 0 aromatic rings. The van der Waals surface area contributed by atoms with Crippen LogP contribution >= 0.6 is 0 Å². The van der Waals surface area contributed by atoms with E-state index < -0.39 is 5.60 Å². The predicted octanol–water partition coefficient (Wildman–Crippen LogP) is 2.01. The van der Waals surface area contributed by atoms with Gasteiger partial charge in [0.2, 0.25) is 0 Å². The van der Waals surface area contributed by atoms with Crippen molar-refractivity contribution in [2.45, 2.75) is 25.9 Å². The van der Waals surface area contributed by atoms with Gasteiger partial charge in [-0.15, -0.1) is 6.58 Å². The van der Waals surface area contributed by atoms with Gasteiger partial charge in [0.25, 0.3) is 0 Å². The molecule has 0 aromatic carbocycles. The summed E-state index contributed by atoms with van der Waals surface area (Å²) in [5.74, 6) is 0. The second-order valence-corrected chi connectivity index (χ2v) is 3.21. The van der Waals surface area contributed by atoms with Gasteiger partial charge < -0.3 is 5.11 Å². The summed E-state index contributed by atoms with van der Waals surface area (Å²) in [4.78, 5) is 10.1. The minimum Gasteiger partial charge on any atom is -0.386 e. The Balaban J connectivity index is 4.09. The van der Waals surface area contributed by atoms with Crippen LogP contribution in [0.4, 0.5) is 0 Å². The lowest BCUT2D eigenvalue weighted by Crippen LogP contribution is -2.18. The van der Waals surface area contributed by atoms with Crippen LogP contribution in [-0.4, -0.2) is 17.0 Å². The molecule has 0 amide bonds. The van der Waals surface area contributed by atoms with Crippen LogP contribution in [0, 0.1) is 0 Å². The highest BCUT2D eigenvalue weighted by Gasteiger charge is 2.11. The van der Waals surface area contributed by atoms with Gasteiger partial charge in [-0.25, -0.2) is 0 Å². The van der Waals surface area contributed by atoms with Crippen LogP contribution in [0.5, 0.6) is 0 Å². The molecule has 0 spiro atoms.